The summed E-state index contributed by atoms with van der Waals surface area (Å²) >= 11 is 0. The van der Waals surface area contributed by atoms with Crippen LogP contribution in [0.3, 0.4) is 0 Å². The van der Waals surface area contributed by atoms with Crippen molar-refractivity contribution in [2.75, 3.05) is 20.2 Å². The molecule has 1 aromatic heterocycles. The Hall–Kier alpha value is -1.88. The van der Waals surface area contributed by atoms with Crippen LogP contribution in [0, 0.1) is 12.7 Å². The van der Waals surface area contributed by atoms with Gasteiger partial charge in [-0.3, -0.25) is 10.00 Å². The second kappa shape index (κ2) is 6.48. The smallest absolute Gasteiger partial charge is 0.169 e. The molecule has 1 aliphatic rings. The van der Waals surface area contributed by atoms with Crippen LogP contribution >= 0.6 is 0 Å². The number of nitrogens with zero attached hydrogens (tertiary/aromatic N) is 2. The zero-order chi connectivity index (χ0) is 15.5. The SMILES string of the molecule is COc1cccc(CN2CCC[C@H](c3[nH]ncc3C)C2)c1F. The van der Waals surface area contributed by atoms with Crippen LogP contribution in [0.4, 0.5) is 4.39 Å². The van der Waals surface area contributed by atoms with Crippen molar-refractivity contribution in [3.8, 4) is 5.75 Å². The molecule has 22 heavy (non-hydrogen) atoms. The first-order chi connectivity index (χ1) is 10.7. The number of benzene rings is 1. The molecule has 1 aromatic carbocycles. The average molecular weight is 303 g/mol. The molecule has 118 valence electrons. The third kappa shape index (κ3) is 2.99. The van der Waals surface area contributed by atoms with Crippen molar-refractivity contribution in [1.29, 1.82) is 0 Å². The van der Waals surface area contributed by atoms with Crippen LogP contribution in [-0.2, 0) is 6.54 Å². The van der Waals surface area contributed by atoms with Gasteiger partial charge in [0, 0.05) is 30.3 Å². The molecule has 2 heterocycles. The number of methoxy groups -OCH3 is 1. The maximum absolute atomic E-state index is 14.3. The van der Waals surface area contributed by atoms with Gasteiger partial charge in [-0.05, 0) is 37.9 Å². The molecule has 0 unspecified atom stereocenters. The predicted molar refractivity (Wildman–Crippen MR) is 83.5 cm³/mol. The Balaban J connectivity index is 1.72. The second-order valence-electron chi connectivity index (χ2n) is 5.97. The number of likely N-dealkylation sites (tertiary alicyclic amines) is 1. The van der Waals surface area contributed by atoms with Gasteiger partial charge in [0.2, 0.25) is 0 Å². The Morgan fingerprint density at radius 3 is 3.05 bits per heavy atom. The third-order valence-corrected chi connectivity index (χ3v) is 4.44. The number of aryl methyl sites for hydroxylation is 1. The Bertz CT molecular complexity index is 641. The summed E-state index contributed by atoms with van der Waals surface area (Å²) in [6.45, 7) is 4.63. The van der Waals surface area contributed by atoms with Crippen LogP contribution < -0.4 is 4.74 Å². The number of ether oxygens (including phenoxy) is 1. The van der Waals surface area contributed by atoms with Crippen LogP contribution in [0.1, 0.15) is 35.6 Å². The fraction of sp³-hybridized carbons (Fsp3) is 0.471. The van der Waals surface area contributed by atoms with Crippen molar-refractivity contribution >= 4 is 0 Å². The number of nitrogens with one attached hydrogen (secondary N) is 1. The molecule has 0 radical (unpaired) electrons. The minimum atomic E-state index is -0.246. The molecule has 1 N–H and O–H groups in total. The summed E-state index contributed by atoms with van der Waals surface area (Å²) < 4.78 is 19.4. The van der Waals surface area contributed by atoms with Crippen molar-refractivity contribution in [2.24, 2.45) is 0 Å². The monoisotopic (exact) mass is 303 g/mol. The highest BCUT2D eigenvalue weighted by Crippen LogP contribution is 2.29. The molecule has 3 rings (SSSR count). The van der Waals surface area contributed by atoms with Crippen molar-refractivity contribution in [3.05, 3.63) is 47.0 Å². The van der Waals surface area contributed by atoms with Gasteiger partial charge in [0.05, 0.1) is 13.3 Å². The normalized spacial score (nSPS) is 19.3. The summed E-state index contributed by atoms with van der Waals surface area (Å²) in [6.07, 6.45) is 4.14. The summed E-state index contributed by atoms with van der Waals surface area (Å²) in [6, 6.07) is 5.34. The molecule has 1 aliphatic heterocycles. The highest BCUT2D eigenvalue weighted by atomic mass is 19.1. The summed E-state index contributed by atoms with van der Waals surface area (Å²) in [5.74, 6) is 0.519. The lowest BCUT2D eigenvalue weighted by atomic mass is 9.92. The van der Waals surface area contributed by atoms with Gasteiger partial charge in [0.25, 0.3) is 0 Å². The molecule has 1 atom stereocenters. The van der Waals surface area contributed by atoms with E-state index in [1.54, 1.807) is 6.07 Å². The van der Waals surface area contributed by atoms with Crippen LogP contribution in [-0.4, -0.2) is 35.3 Å². The molecule has 5 heteroatoms. The molecule has 4 nitrogen and oxygen atoms in total. The number of hydrogen-bond donors (Lipinski definition) is 1. The van der Waals surface area contributed by atoms with Gasteiger partial charge in [0.1, 0.15) is 0 Å². The molecule has 1 fully saturated rings. The van der Waals surface area contributed by atoms with Gasteiger partial charge in [-0.2, -0.15) is 5.10 Å². The molecule has 0 aliphatic carbocycles. The van der Waals surface area contributed by atoms with Crippen molar-refractivity contribution < 1.29 is 9.13 Å². The number of aromatic nitrogens is 2. The van der Waals surface area contributed by atoms with Crippen molar-refractivity contribution in [3.63, 3.8) is 0 Å². The summed E-state index contributed by atoms with van der Waals surface area (Å²) in [5, 5.41) is 7.24. The Morgan fingerprint density at radius 2 is 2.32 bits per heavy atom. The lowest BCUT2D eigenvalue weighted by Crippen LogP contribution is -2.34. The number of halogens is 1. The number of rotatable bonds is 4. The van der Waals surface area contributed by atoms with E-state index in [9.17, 15) is 4.39 Å². The second-order valence-corrected chi connectivity index (χ2v) is 5.97. The highest BCUT2D eigenvalue weighted by molar-refractivity contribution is 5.31. The van der Waals surface area contributed by atoms with E-state index in [2.05, 4.69) is 22.0 Å². The van der Waals surface area contributed by atoms with E-state index >= 15 is 0 Å². The minimum Gasteiger partial charge on any atom is -0.494 e. The molecule has 0 bridgehead atoms. The predicted octanol–water partition coefficient (Wildman–Crippen LogP) is 3.25. The van der Waals surface area contributed by atoms with Crippen LogP contribution in [0.15, 0.2) is 24.4 Å². The van der Waals surface area contributed by atoms with Gasteiger partial charge >= 0.3 is 0 Å². The maximum Gasteiger partial charge on any atom is 0.169 e. The number of piperidine rings is 1. The molecule has 0 saturated carbocycles. The zero-order valence-corrected chi connectivity index (χ0v) is 13.1. The summed E-state index contributed by atoms with van der Waals surface area (Å²) in [5.41, 5.74) is 3.12. The van der Waals surface area contributed by atoms with E-state index in [-0.39, 0.29) is 5.82 Å². The van der Waals surface area contributed by atoms with Crippen molar-refractivity contribution in [1.82, 2.24) is 15.1 Å². The fourth-order valence-electron chi connectivity index (χ4n) is 3.28. The van der Waals surface area contributed by atoms with Gasteiger partial charge in [-0.15, -0.1) is 0 Å². The van der Waals surface area contributed by atoms with E-state index in [0.29, 0.717) is 23.8 Å². The average Bonchev–Trinajstić information content (AvgIpc) is 2.96. The fourth-order valence-corrected chi connectivity index (χ4v) is 3.28. The molecular formula is C17H22FN3O. The number of aromatic amines is 1. The first-order valence-corrected chi connectivity index (χ1v) is 7.72. The van der Waals surface area contributed by atoms with Gasteiger partial charge in [-0.1, -0.05) is 12.1 Å². The molecule has 0 spiro atoms. The molecule has 1 saturated heterocycles. The van der Waals surface area contributed by atoms with Crippen LogP contribution in [0.5, 0.6) is 5.75 Å². The zero-order valence-electron chi connectivity index (χ0n) is 13.1. The van der Waals surface area contributed by atoms with Crippen molar-refractivity contribution in [2.45, 2.75) is 32.2 Å². The van der Waals surface area contributed by atoms with E-state index in [1.807, 2.05) is 18.3 Å². The largest absolute Gasteiger partial charge is 0.494 e. The van der Waals surface area contributed by atoms with E-state index in [1.165, 1.54) is 18.4 Å². The lowest BCUT2D eigenvalue weighted by molar-refractivity contribution is 0.195. The van der Waals surface area contributed by atoms with E-state index in [0.717, 1.165) is 25.9 Å². The first kappa shape index (κ1) is 15.0. The highest BCUT2D eigenvalue weighted by Gasteiger charge is 2.24. The third-order valence-electron chi connectivity index (χ3n) is 4.44. The Morgan fingerprint density at radius 1 is 1.45 bits per heavy atom. The topological polar surface area (TPSA) is 41.1 Å². The van der Waals surface area contributed by atoms with Gasteiger partial charge in [-0.25, -0.2) is 4.39 Å². The molecule has 2 aromatic rings. The number of H-pyrrole nitrogens is 1. The van der Waals surface area contributed by atoms with Gasteiger partial charge < -0.3 is 4.74 Å². The summed E-state index contributed by atoms with van der Waals surface area (Å²) in [4.78, 5) is 2.31. The summed E-state index contributed by atoms with van der Waals surface area (Å²) in [7, 11) is 1.50. The maximum atomic E-state index is 14.3. The molecule has 0 amide bonds. The minimum absolute atomic E-state index is 0.246. The molecular weight excluding hydrogens is 281 g/mol. The first-order valence-electron chi connectivity index (χ1n) is 7.72. The van der Waals surface area contributed by atoms with Crippen LogP contribution in [0.25, 0.3) is 0 Å². The lowest BCUT2D eigenvalue weighted by Gasteiger charge is -2.32. The Kier molecular flexibility index (Phi) is 4.43. The van der Waals surface area contributed by atoms with E-state index < -0.39 is 0 Å². The Labute approximate surface area is 130 Å². The standard InChI is InChI=1S/C17H22FN3O/c1-12-9-19-20-17(12)14-6-4-8-21(11-14)10-13-5-3-7-15(22-2)16(13)18/h3,5,7,9,14H,4,6,8,10-11H2,1-2H3,(H,19,20)/t14-/m0/s1. The van der Waals surface area contributed by atoms with E-state index in [4.69, 9.17) is 4.74 Å². The number of hydrogen-bond acceptors (Lipinski definition) is 3. The van der Waals surface area contributed by atoms with Gasteiger partial charge in [0.15, 0.2) is 11.6 Å². The quantitative estimate of drug-likeness (QED) is 0.942. The van der Waals surface area contributed by atoms with Crippen LogP contribution in [0.2, 0.25) is 0 Å².